The molecular weight excluding hydrogens is 264 g/mol. The summed E-state index contributed by atoms with van der Waals surface area (Å²) in [6, 6.07) is 7.36. The van der Waals surface area contributed by atoms with Gasteiger partial charge in [0.25, 0.3) is 0 Å². The molecule has 108 valence electrons. The second kappa shape index (κ2) is 6.36. The van der Waals surface area contributed by atoms with E-state index in [9.17, 15) is 13.5 Å². The number of nitrogens with one attached hydrogen (secondary N) is 1. The van der Waals surface area contributed by atoms with Crippen LogP contribution in [0.3, 0.4) is 0 Å². The molecule has 0 spiro atoms. The highest BCUT2D eigenvalue weighted by Gasteiger charge is 2.17. The van der Waals surface area contributed by atoms with Gasteiger partial charge < -0.3 is 10.0 Å². The third-order valence-electron chi connectivity index (χ3n) is 2.89. The van der Waals surface area contributed by atoms with Crippen molar-refractivity contribution in [2.75, 3.05) is 25.5 Å². The Morgan fingerprint density at radius 1 is 1.21 bits per heavy atom. The first-order valence-corrected chi connectivity index (χ1v) is 7.72. The van der Waals surface area contributed by atoms with E-state index in [1.165, 1.54) is 0 Å². The van der Waals surface area contributed by atoms with Crippen LogP contribution in [-0.4, -0.2) is 39.4 Å². The van der Waals surface area contributed by atoms with Crippen LogP contribution in [-0.2, 0) is 10.0 Å². The minimum absolute atomic E-state index is 0.0121. The van der Waals surface area contributed by atoms with E-state index in [1.807, 2.05) is 31.1 Å². The monoisotopic (exact) mass is 286 g/mol. The first kappa shape index (κ1) is 15.9. The number of sulfonamides is 1. The number of aliphatic hydroxyl groups excluding tert-OH is 1. The third-order valence-corrected chi connectivity index (χ3v) is 4.70. The van der Waals surface area contributed by atoms with Crippen molar-refractivity contribution in [1.82, 2.24) is 4.72 Å². The van der Waals surface area contributed by atoms with Crippen LogP contribution in [0.1, 0.15) is 25.5 Å². The van der Waals surface area contributed by atoms with Crippen LogP contribution in [0.2, 0.25) is 0 Å². The zero-order valence-electron chi connectivity index (χ0n) is 11.8. The fourth-order valence-electron chi connectivity index (χ4n) is 1.47. The van der Waals surface area contributed by atoms with Crippen molar-refractivity contribution in [1.29, 1.82) is 0 Å². The van der Waals surface area contributed by atoms with Gasteiger partial charge >= 0.3 is 0 Å². The predicted molar refractivity (Wildman–Crippen MR) is 77.8 cm³/mol. The Hall–Kier alpha value is -1.11. The van der Waals surface area contributed by atoms with Crippen LogP contribution in [0.15, 0.2) is 24.3 Å². The summed E-state index contributed by atoms with van der Waals surface area (Å²) in [4.78, 5) is 1.96. The number of rotatable bonds is 6. The smallest absolute Gasteiger partial charge is 0.214 e. The van der Waals surface area contributed by atoms with Gasteiger partial charge in [-0.05, 0) is 31.5 Å². The van der Waals surface area contributed by atoms with Gasteiger partial charge in [0, 0.05) is 26.3 Å². The lowest BCUT2D eigenvalue weighted by Crippen LogP contribution is -2.33. The van der Waals surface area contributed by atoms with Crippen molar-refractivity contribution in [3.63, 3.8) is 0 Å². The van der Waals surface area contributed by atoms with Crippen molar-refractivity contribution in [2.24, 2.45) is 0 Å². The van der Waals surface area contributed by atoms with E-state index >= 15 is 0 Å². The highest BCUT2D eigenvalue weighted by molar-refractivity contribution is 7.90. The molecule has 19 heavy (non-hydrogen) atoms. The van der Waals surface area contributed by atoms with Crippen molar-refractivity contribution in [2.45, 2.75) is 25.2 Å². The molecule has 2 N–H and O–H groups in total. The first-order chi connectivity index (χ1) is 8.74. The lowest BCUT2D eigenvalue weighted by molar-refractivity contribution is 0.182. The van der Waals surface area contributed by atoms with Gasteiger partial charge in [-0.25, -0.2) is 13.1 Å². The van der Waals surface area contributed by atoms with Crippen molar-refractivity contribution < 1.29 is 13.5 Å². The van der Waals surface area contributed by atoms with Crippen LogP contribution in [0, 0.1) is 0 Å². The molecule has 0 aliphatic rings. The fraction of sp³-hybridized carbons (Fsp3) is 0.538. The van der Waals surface area contributed by atoms with Gasteiger partial charge in [0.05, 0.1) is 11.4 Å². The average molecular weight is 286 g/mol. The maximum atomic E-state index is 11.6. The maximum absolute atomic E-state index is 11.6. The van der Waals surface area contributed by atoms with Gasteiger partial charge in [-0.15, -0.1) is 0 Å². The van der Waals surface area contributed by atoms with Gasteiger partial charge in [-0.1, -0.05) is 12.1 Å². The van der Waals surface area contributed by atoms with Crippen LogP contribution in [0.25, 0.3) is 0 Å². The lowest BCUT2D eigenvalue weighted by atomic mass is 10.1. The minimum Gasteiger partial charge on any atom is -0.387 e. The van der Waals surface area contributed by atoms with Crippen molar-refractivity contribution >= 4 is 15.7 Å². The molecule has 0 aliphatic carbocycles. The Balaban J connectivity index is 2.66. The molecule has 0 amide bonds. The molecule has 1 aromatic rings. The van der Waals surface area contributed by atoms with E-state index in [-0.39, 0.29) is 6.54 Å². The fourth-order valence-corrected chi connectivity index (χ4v) is 2.20. The number of hydrogen-bond donors (Lipinski definition) is 2. The SMILES string of the molecule is CC(C)S(=O)(=O)NCC(O)c1ccc(N(C)C)cc1. The van der Waals surface area contributed by atoms with Crippen LogP contribution < -0.4 is 9.62 Å². The summed E-state index contributed by atoms with van der Waals surface area (Å²) < 4.78 is 25.6. The van der Waals surface area contributed by atoms with Gasteiger partial charge in [0.15, 0.2) is 0 Å². The topological polar surface area (TPSA) is 69.6 Å². The molecule has 5 nitrogen and oxygen atoms in total. The van der Waals surface area contributed by atoms with Gasteiger partial charge in [0.2, 0.25) is 10.0 Å². The highest BCUT2D eigenvalue weighted by Crippen LogP contribution is 2.17. The summed E-state index contributed by atoms with van der Waals surface area (Å²) >= 11 is 0. The summed E-state index contributed by atoms with van der Waals surface area (Å²) in [7, 11) is 0.524. The molecule has 6 heteroatoms. The molecule has 0 aliphatic heterocycles. The quantitative estimate of drug-likeness (QED) is 0.822. The number of aliphatic hydroxyl groups is 1. The highest BCUT2D eigenvalue weighted by atomic mass is 32.2. The lowest BCUT2D eigenvalue weighted by Gasteiger charge is -2.16. The molecule has 0 aromatic heterocycles. The summed E-state index contributed by atoms with van der Waals surface area (Å²) in [6.07, 6.45) is -0.843. The maximum Gasteiger partial charge on any atom is 0.214 e. The van der Waals surface area contributed by atoms with Crippen LogP contribution in [0.5, 0.6) is 0 Å². The van der Waals surface area contributed by atoms with E-state index in [4.69, 9.17) is 0 Å². The third kappa shape index (κ3) is 4.49. The number of anilines is 1. The van der Waals surface area contributed by atoms with E-state index in [0.29, 0.717) is 5.56 Å². The molecule has 0 radical (unpaired) electrons. The van der Waals surface area contributed by atoms with Gasteiger partial charge in [-0.3, -0.25) is 0 Å². The molecule has 0 bridgehead atoms. The van der Waals surface area contributed by atoms with Crippen molar-refractivity contribution in [3.05, 3.63) is 29.8 Å². The summed E-state index contributed by atoms with van der Waals surface area (Å²) in [6.45, 7) is 3.18. The number of benzene rings is 1. The standard InChI is InChI=1S/C13H22N2O3S/c1-10(2)19(17,18)14-9-13(16)11-5-7-12(8-6-11)15(3)4/h5-8,10,13-14,16H,9H2,1-4H3. The van der Waals surface area contributed by atoms with Gasteiger partial charge in [-0.2, -0.15) is 0 Å². The average Bonchev–Trinajstić information content (AvgIpc) is 2.36. The molecule has 1 atom stereocenters. The second-order valence-corrected chi connectivity index (χ2v) is 7.27. The molecule has 1 unspecified atom stereocenters. The molecule has 0 saturated heterocycles. The van der Waals surface area contributed by atoms with E-state index < -0.39 is 21.4 Å². The minimum atomic E-state index is -3.34. The van der Waals surface area contributed by atoms with Crippen molar-refractivity contribution in [3.8, 4) is 0 Å². The molecular formula is C13H22N2O3S. The zero-order chi connectivity index (χ0) is 14.6. The van der Waals surface area contributed by atoms with Gasteiger partial charge in [0.1, 0.15) is 0 Å². The molecule has 1 aromatic carbocycles. The first-order valence-electron chi connectivity index (χ1n) is 6.18. The molecule has 0 saturated carbocycles. The Bertz CT molecular complexity index is 495. The number of hydrogen-bond acceptors (Lipinski definition) is 4. The summed E-state index contributed by atoms with van der Waals surface area (Å²) in [5, 5.41) is 9.45. The Kier molecular flexibility index (Phi) is 5.34. The Morgan fingerprint density at radius 3 is 2.16 bits per heavy atom. The van der Waals surface area contributed by atoms with E-state index in [0.717, 1.165) is 5.69 Å². The molecule has 0 fully saturated rings. The molecule has 1 rings (SSSR count). The Labute approximate surface area is 115 Å². The van der Waals surface area contributed by atoms with Crippen LogP contribution >= 0.6 is 0 Å². The molecule has 0 heterocycles. The Morgan fingerprint density at radius 2 is 1.74 bits per heavy atom. The zero-order valence-corrected chi connectivity index (χ0v) is 12.6. The number of nitrogens with zero attached hydrogens (tertiary/aromatic N) is 1. The second-order valence-electron chi connectivity index (χ2n) is 4.94. The predicted octanol–water partition coefficient (Wildman–Crippen LogP) is 1.11. The summed E-state index contributed by atoms with van der Waals surface area (Å²) in [5.74, 6) is 0. The van der Waals surface area contributed by atoms with E-state index in [2.05, 4.69) is 4.72 Å². The van der Waals surface area contributed by atoms with Crippen LogP contribution in [0.4, 0.5) is 5.69 Å². The normalized spacial score (nSPS) is 13.6. The largest absolute Gasteiger partial charge is 0.387 e. The van der Waals surface area contributed by atoms with E-state index in [1.54, 1.807) is 26.0 Å². The summed E-state index contributed by atoms with van der Waals surface area (Å²) in [5.41, 5.74) is 1.72.